The highest BCUT2D eigenvalue weighted by molar-refractivity contribution is 7.98. The summed E-state index contributed by atoms with van der Waals surface area (Å²) in [6.07, 6.45) is 3.18. The van der Waals surface area contributed by atoms with Gasteiger partial charge in [0.15, 0.2) is 0 Å². The van der Waals surface area contributed by atoms with E-state index in [1.807, 2.05) is 13.2 Å². The van der Waals surface area contributed by atoms with E-state index in [4.69, 9.17) is 5.73 Å². The maximum absolute atomic E-state index is 11.8. The molecule has 0 aliphatic carbocycles. The minimum Gasteiger partial charge on any atom is -0.384 e. The smallest absolute Gasteiger partial charge is 0.242 e. The molecule has 1 atom stereocenters. The van der Waals surface area contributed by atoms with Gasteiger partial charge in [-0.1, -0.05) is 0 Å². The topological polar surface area (TPSA) is 85.1 Å². The molecule has 7 heteroatoms. The average Bonchev–Trinajstić information content (AvgIpc) is 2.17. The van der Waals surface area contributed by atoms with Crippen molar-refractivity contribution >= 4 is 27.6 Å². The van der Waals surface area contributed by atoms with Crippen molar-refractivity contribution in [2.24, 2.45) is 0 Å². The standard InChI is InChI=1S/C9H15N3O2S2/c1-7(6-15-2)12-16(13,14)8-3-4-9(10)11-5-8/h3-5,7,12H,6H2,1-2H3,(H2,10,11). The molecule has 16 heavy (non-hydrogen) atoms. The zero-order valence-corrected chi connectivity index (χ0v) is 10.8. The molecule has 1 unspecified atom stereocenters. The van der Waals surface area contributed by atoms with Crippen molar-refractivity contribution in [2.75, 3.05) is 17.7 Å². The lowest BCUT2D eigenvalue weighted by Crippen LogP contribution is -2.34. The number of sulfonamides is 1. The molecule has 1 rings (SSSR count). The zero-order valence-electron chi connectivity index (χ0n) is 9.17. The van der Waals surface area contributed by atoms with Crippen LogP contribution in [0.3, 0.4) is 0 Å². The molecule has 0 saturated heterocycles. The summed E-state index contributed by atoms with van der Waals surface area (Å²) in [5, 5.41) is 0. The molecular formula is C9H15N3O2S2. The van der Waals surface area contributed by atoms with Crippen molar-refractivity contribution in [1.82, 2.24) is 9.71 Å². The summed E-state index contributed by atoms with van der Waals surface area (Å²) in [6, 6.07) is 2.79. The SMILES string of the molecule is CSCC(C)NS(=O)(=O)c1ccc(N)nc1. The lowest BCUT2D eigenvalue weighted by Gasteiger charge is -2.12. The Hall–Kier alpha value is -0.790. The molecule has 0 saturated carbocycles. The molecule has 0 amide bonds. The molecule has 0 aliphatic heterocycles. The Morgan fingerprint density at radius 3 is 2.75 bits per heavy atom. The average molecular weight is 261 g/mol. The number of pyridine rings is 1. The molecule has 0 aliphatic rings. The van der Waals surface area contributed by atoms with Gasteiger partial charge in [-0.15, -0.1) is 0 Å². The summed E-state index contributed by atoms with van der Waals surface area (Å²) in [6.45, 7) is 1.82. The van der Waals surface area contributed by atoms with Crippen LogP contribution in [-0.4, -0.2) is 31.5 Å². The van der Waals surface area contributed by atoms with Crippen molar-refractivity contribution < 1.29 is 8.42 Å². The molecule has 3 N–H and O–H groups in total. The van der Waals surface area contributed by atoms with Crippen molar-refractivity contribution in [2.45, 2.75) is 17.9 Å². The Morgan fingerprint density at radius 2 is 2.25 bits per heavy atom. The van der Waals surface area contributed by atoms with E-state index >= 15 is 0 Å². The van der Waals surface area contributed by atoms with Gasteiger partial charge in [0, 0.05) is 18.0 Å². The molecular weight excluding hydrogens is 246 g/mol. The first kappa shape index (κ1) is 13.3. The highest BCUT2D eigenvalue weighted by Crippen LogP contribution is 2.10. The molecule has 1 aromatic rings. The van der Waals surface area contributed by atoms with E-state index < -0.39 is 10.0 Å². The number of nitrogens with two attached hydrogens (primary N) is 1. The van der Waals surface area contributed by atoms with Gasteiger partial charge in [-0.05, 0) is 25.3 Å². The summed E-state index contributed by atoms with van der Waals surface area (Å²) >= 11 is 1.59. The predicted molar refractivity (Wildman–Crippen MR) is 66.8 cm³/mol. The second-order valence-electron chi connectivity index (χ2n) is 3.40. The molecule has 0 aromatic carbocycles. The second-order valence-corrected chi connectivity index (χ2v) is 6.02. The van der Waals surface area contributed by atoms with Crippen molar-refractivity contribution in [3.05, 3.63) is 18.3 Å². The Kier molecular flexibility index (Phi) is 4.57. The number of hydrogen-bond donors (Lipinski definition) is 2. The Morgan fingerprint density at radius 1 is 1.56 bits per heavy atom. The van der Waals surface area contributed by atoms with Crippen LogP contribution in [0.4, 0.5) is 5.82 Å². The quantitative estimate of drug-likeness (QED) is 0.814. The van der Waals surface area contributed by atoms with Crippen LogP contribution in [0.1, 0.15) is 6.92 Å². The van der Waals surface area contributed by atoms with E-state index in [1.54, 1.807) is 11.8 Å². The number of anilines is 1. The molecule has 0 radical (unpaired) electrons. The van der Waals surface area contributed by atoms with Crippen molar-refractivity contribution in [1.29, 1.82) is 0 Å². The number of nitrogens with zero attached hydrogens (tertiary/aromatic N) is 1. The highest BCUT2D eigenvalue weighted by Gasteiger charge is 2.17. The van der Waals surface area contributed by atoms with Crippen LogP contribution in [0.5, 0.6) is 0 Å². The fourth-order valence-electron chi connectivity index (χ4n) is 1.17. The Bertz CT molecular complexity index is 431. The Labute approximate surface area is 99.9 Å². The van der Waals surface area contributed by atoms with Gasteiger partial charge in [0.05, 0.1) is 0 Å². The van der Waals surface area contributed by atoms with Crippen LogP contribution in [0.2, 0.25) is 0 Å². The van der Waals surface area contributed by atoms with Crippen LogP contribution >= 0.6 is 11.8 Å². The number of rotatable bonds is 5. The highest BCUT2D eigenvalue weighted by atomic mass is 32.2. The van der Waals surface area contributed by atoms with Gasteiger partial charge in [-0.3, -0.25) is 0 Å². The molecule has 1 aromatic heterocycles. The summed E-state index contributed by atoms with van der Waals surface area (Å²) in [5.74, 6) is 1.03. The molecule has 5 nitrogen and oxygen atoms in total. The number of aromatic nitrogens is 1. The first-order valence-corrected chi connectivity index (χ1v) is 7.56. The maximum Gasteiger partial charge on any atom is 0.242 e. The fourth-order valence-corrected chi connectivity index (χ4v) is 3.04. The third-order valence-corrected chi connectivity index (χ3v) is 4.25. The molecule has 1 heterocycles. The zero-order chi connectivity index (χ0) is 12.2. The van der Waals surface area contributed by atoms with E-state index in [1.165, 1.54) is 18.3 Å². The predicted octanol–water partition coefficient (Wildman–Crippen LogP) is 0.694. The fraction of sp³-hybridized carbons (Fsp3) is 0.444. The Balaban J connectivity index is 2.82. The van der Waals surface area contributed by atoms with Crippen molar-refractivity contribution in [3.8, 4) is 0 Å². The minimum absolute atomic E-state index is 0.113. The molecule has 0 spiro atoms. The summed E-state index contributed by atoms with van der Waals surface area (Å²) < 4.78 is 26.2. The number of nitrogen functional groups attached to an aromatic ring is 1. The van der Waals surface area contributed by atoms with E-state index in [2.05, 4.69) is 9.71 Å². The molecule has 0 fully saturated rings. The van der Waals surface area contributed by atoms with Crippen LogP contribution in [0.15, 0.2) is 23.2 Å². The van der Waals surface area contributed by atoms with Gasteiger partial charge in [-0.25, -0.2) is 18.1 Å². The van der Waals surface area contributed by atoms with Crippen molar-refractivity contribution in [3.63, 3.8) is 0 Å². The molecule has 0 bridgehead atoms. The van der Waals surface area contributed by atoms with E-state index in [0.717, 1.165) is 5.75 Å². The number of hydrogen-bond acceptors (Lipinski definition) is 5. The summed E-state index contributed by atoms with van der Waals surface area (Å²) in [4.78, 5) is 3.89. The third kappa shape index (κ3) is 3.66. The first-order valence-electron chi connectivity index (χ1n) is 4.68. The van der Waals surface area contributed by atoms with E-state index in [0.29, 0.717) is 5.82 Å². The molecule has 90 valence electrons. The lowest BCUT2D eigenvalue weighted by atomic mass is 10.4. The van der Waals surface area contributed by atoms with Crippen LogP contribution in [0, 0.1) is 0 Å². The first-order chi connectivity index (χ1) is 7.45. The summed E-state index contributed by atoms with van der Waals surface area (Å²) in [7, 11) is -3.48. The largest absolute Gasteiger partial charge is 0.384 e. The normalized spacial score (nSPS) is 13.6. The monoisotopic (exact) mass is 261 g/mol. The van der Waals surface area contributed by atoms with Gasteiger partial charge in [0.25, 0.3) is 0 Å². The second kappa shape index (κ2) is 5.51. The third-order valence-electron chi connectivity index (χ3n) is 1.84. The van der Waals surface area contributed by atoms with Gasteiger partial charge in [0.1, 0.15) is 10.7 Å². The maximum atomic E-state index is 11.8. The van der Waals surface area contributed by atoms with Gasteiger partial charge >= 0.3 is 0 Å². The van der Waals surface area contributed by atoms with E-state index in [9.17, 15) is 8.42 Å². The van der Waals surface area contributed by atoms with Gasteiger partial charge in [0.2, 0.25) is 10.0 Å². The lowest BCUT2D eigenvalue weighted by molar-refractivity contribution is 0.570. The van der Waals surface area contributed by atoms with E-state index in [-0.39, 0.29) is 10.9 Å². The summed E-state index contributed by atoms with van der Waals surface area (Å²) in [5.41, 5.74) is 5.39. The van der Waals surface area contributed by atoms with Crippen LogP contribution in [0.25, 0.3) is 0 Å². The van der Waals surface area contributed by atoms with Crippen LogP contribution < -0.4 is 10.5 Å². The number of thioether (sulfide) groups is 1. The minimum atomic E-state index is -3.48. The number of nitrogens with one attached hydrogen (secondary N) is 1. The van der Waals surface area contributed by atoms with Crippen LogP contribution in [-0.2, 0) is 10.0 Å². The van der Waals surface area contributed by atoms with Gasteiger partial charge < -0.3 is 5.73 Å². The van der Waals surface area contributed by atoms with Gasteiger partial charge in [-0.2, -0.15) is 11.8 Å².